The second-order valence-corrected chi connectivity index (χ2v) is 9.20. The van der Waals surface area contributed by atoms with Crippen molar-refractivity contribution in [2.75, 3.05) is 45.9 Å². The molecule has 1 aromatic heterocycles. The number of nitrogens with one attached hydrogen (secondary N) is 1. The molecule has 30 heavy (non-hydrogen) atoms. The number of hydrogen-bond acceptors (Lipinski definition) is 6. The summed E-state index contributed by atoms with van der Waals surface area (Å²) in [4.78, 5) is 29.2. The van der Waals surface area contributed by atoms with Gasteiger partial charge in [-0.05, 0) is 64.5 Å². The number of likely N-dealkylation sites (tertiary alicyclic amines) is 1. The molecular weight excluding hydrogens is 384 g/mol. The highest BCUT2D eigenvalue weighted by molar-refractivity contribution is 5.79. The SMILES string of the molecule is Cc1noc(C)c1CC(=O)NCC1CN(CC2CCN(CC3CC3)CC2)C(=O)CO1. The van der Waals surface area contributed by atoms with Gasteiger partial charge in [-0.15, -0.1) is 0 Å². The fraction of sp³-hybridized carbons (Fsp3) is 0.773. The smallest absolute Gasteiger partial charge is 0.248 e. The predicted octanol–water partition coefficient (Wildman–Crippen LogP) is 1.30. The lowest BCUT2D eigenvalue weighted by Gasteiger charge is -2.38. The average molecular weight is 419 g/mol. The van der Waals surface area contributed by atoms with Crippen LogP contribution in [0.25, 0.3) is 0 Å². The molecule has 1 unspecified atom stereocenters. The van der Waals surface area contributed by atoms with Gasteiger partial charge in [0.1, 0.15) is 12.4 Å². The van der Waals surface area contributed by atoms with Gasteiger partial charge in [0.25, 0.3) is 0 Å². The van der Waals surface area contributed by atoms with Gasteiger partial charge in [-0.25, -0.2) is 0 Å². The van der Waals surface area contributed by atoms with Crippen molar-refractivity contribution in [3.05, 3.63) is 17.0 Å². The Morgan fingerprint density at radius 1 is 1.13 bits per heavy atom. The highest BCUT2D eigenvalue weighted by Crippen LogP contribution is 2.31. The third-order valence-corrected chi connectivity index (χ3v) is 6.66. The molecule has 1 aromatic rings. The molecule has 166 valence electrons. The van der Waals surface area contributed by atoms with Crippen LogP contribution in [-0.4, -0.2) is 78.8 Å². The lowest BCUT2D eigenvalue weighted by molar-refractivity contribution is -0.150. The summed E-state index contributed by atoms with van der Waals surface area (Å²) in [6.45, 7) is 9.09. The van der Waals surface area contributed by atoms with Gasteiger partial charge in [0.05, 0.1) is 18.2 Å². The van der Waals surface area contributed by atoms with Crippen LogP contribution in [0.15, 0.2) is 4.52 Å². The Bertz CT molecular complexity index is 733. The number of carbonyl (C=O) groups excluding carboxylic acids is 2. The van der Waals surface area contributed by atoms with Crippen molar-refractivity contribution in [2.24, 2.45) is 11.8 Å². The van der Waals surface area contributed by atoms with Crippen molar-refractivity contribution < 1.29 is 18.8 Å². The highest BCUT2D eigenvalue weighted by atomic mass is 16.5. The minimum Gasteiger partial charge on any atom is -0.365 e. The molecule has 1 saturated carbocycles. The van der Waals surface area contributed by atoms with E-state index in [9.17, 15) is 9.59 Å². The van der Waals surface area contributed by atoms with Gasteiger partial charge < -0.3 is 24.4 Å². The van der Waals surface area contributed by atoms with Crippen LogP contribution in [0, 0.1) is 25.7 Å². The van der Waals surface area contributed by atoms with Crippen LogP contribution >= 0.6 is 0 Å². The van der Waals surface area contributed by atoms with Crippen LogP contribution in [0.2, 0.25) is 0 Å². The number of morpholine rings is 1. The lowest BCUT2D eigenvalue weighted by Crippen LogP contribution is -2.52. The molecule has 3 aliphatic rings. The van der Waals surface area contributed by atoms with Gasteiger partial charge in [0.15, 0.2) is 0 Å². The van der Waals surface area contributed by atoms with E-state index in [-0.39, 0.29) is 30.9 Å². The van der Waals surface area contributed by atoms with Gasteiger partial charge in [-0.1, -0.05) is 5.16 Å². The molecule has 4 rings (SSSR count). The molecular formula is C22H34N4O4. The first-order chi connectivity index (χ1) is 14.5. The van der Waals surface area contributed by atoms with Gasteiger partial charge in [0, 0.05) is 31.7 Å². The van der Waals surface area contributed by atoms with Gasteiger partial charge in [-0.3, -0.25) is 9.59 Å². The Balaban J connectivity index is 1.19. The van der Waals surface area contributed by atoms with Crippen molar-refractivity contribution in [1.29, 1.82) is 0 Å². The van der Waals surface area contributed by atoms with Crippen molar-refractivity contribution in [1.82, 2.24) is 20.3 Å². The molecule has 3 heterocycles. The van der Waals surface area contributed by atoms with Crippen LogP contribution < -0.4 is 5.32 Å². The Hall–Kier alpha value is -1.93. The largest absolute Gasteiger partial charge is 0.365 e. The van der Waals surface area contributed by atoms with E-state index in [0.29, 0.717) is 24.8 Å². The fourth-order valence-electron chi connectivity index (χ4n) is 4.51. The quantitative estimate of drug-likeness (QED) is 0.685. The summed E-state index contributed by atoms with van der Waals surface area (Å²) in [5, 5.41) is 6.82. The summed E-state index contributed by atoms with van der Waals surface area (Å²) in [7, 11) is 0. The van der Waals surface area contributed by atoms with Gasteiger partial charge in [0.2, 0.25) is 11.8 Å². The molecule has 0 bridgehead atoms. The summed E-state index contributed by atoms with van der Waals surface area (Å²) in [5.41, 5.74) is 1.58. The van der Waals surface area contributed by atoms with Gasteiger partial charge >= 0.3 is 0 Å². The molecule has 2 saturated heterocycles. The zero-order chi connectivity index (χ0) is 21.1. The number of nitrogens with zero attached hydrogens (tertiary/aromatic N) is 3. The number of hydrogen-bond donors (Lipinski definition) is 1. The summed E-state index contributed by atoms with van der Waals surface area (Å²) in [6.07, 6.45) is 5.21. The van der Waals surface area contributed by atoms with Crippen molar-refractivity contribution in [3.8, 4) is 0 Å². The molecule has 1 N–H and O–H groups in total. The van der Waals surface area contributed by atoms with E-state index < -0.39 is 0 Å². The molecule has 2 amide bonds. The summed E-state index contributed by atoms with van der Waals surface area (Å²) in [5.74, 6) is 2.16. The van der Waals surface area contributed by atoms with Crippen LogP contribution in [0.5, 0.6) is 0 Å². The van der Waals surface area contributed by atoms with Crippen LogP contribution in [-0.2, 0) is 20.7 Å². The molecule has 0 aromatic carbocycles. The van der Waals surface area contributed by atoms with E-state index in [1.165, 1.54) is 19.4 Å². The Morgan fingerprint density at radius 2 is 1.87 bits per heavy atom. The maximum atomic E-state index is 12.3. The van der Waals surface area contributed by atoms with E-state index in [2.05, 4.69) is 15.4 Å². The molecule has 1 atom stereocenters. The van der Waals surface area contributed by atoms with E-state index in [1.807, 2.05) is 18.7 Å². The third kappa shape index (κ3) is 5.60. The van der Waals surface area contributed by atoms with Crippen LogP contribution in [0.3, 0.4) is 0 Å². The molecule has 3 fully saturated rings. The van der Waals surface area contributed by atoms with Gasteiger partial charge in [-0.2, -0.15) is 0 Å². The fourth-order valence-corrected chi connectivity index (χ4v) is 4.51. The molecule has 1 aliphatic carbocycles. The molecule has 8 nitrogen and oxygen atoms in total. The molecule has 0 spiro atoms. The third-order valence-electron chi connectivity index (χ3n) is 6.66. The topological polar surface area (TPSA) is 87.9 Å². The first-order valence-corrected chi connectivity index (χ1v) is 11.3. The zero-order valence-corrected chi connectivity index (χ0v) is 18.2. The van der Waals surface area contributed by atoms with Crippen molar-refractivity contribution >= 4 is 11.8 Å². The maximum Gasteiger partial charge on any atom is 0.248 e. The van der Waals surface area contributed by atoms with Crippen LogP contribution in [0.1, 0.15) is 42.7 Å². The summed E-state index contributed by atoms with van der Waals surface area (Å²) >= 11 is 0. The summed E-state index contributed by atoms with van der Waals surface area (Å²) < 4.78 is 10.8. The Kier molecular flexibility index (Phi) is 6.73. The summed E-state index contributed by atoms with van der Waals surface area (Å²) in [6, 6.07) is 0. The second kappa shape index (κ2) is 9.47. The molecule has 0 radical (unpaired) electrons. The Labute approximate surface area is 178 Å². The number of carbonyl (C=O) groups is 2. The van der Waals surface area contributed by atoms with Crippen molar-refractivity contribution in [3.63, 3.8) is 0 Å². The predicted molar refractivity (Wildman–Crippen MR) is 111 cm³/mol. The van der Waals surface area contributed by atoms with Crippen molar-refractivity contribution in [2.45, 2.75) is 52.1 Å². The Morgan fingerprint density at radius 3 is 2.53 bits per heavy atom. The number of ether oxygens (including phenoxy) is 1. The van der Waals surface area contributed by atoms with E-state index in [0.717, 1.165) is 49.7 Å². The zero-order valence-electron chi connectivity index (χ0n) is 18.2. The number of rotatable bonds is 8. The minimum atomic E-state index is -0.161. The van der Waals surface area contributed by atoms with E-state index in [4.69, 9.17) is 9.26 Å². The first-order valence-electron chi connectivity index (χ1n) is 11.3. The number of piperidine rings is 1. The average Bonchev–Trinajstić information content (AvgIpc) is 3.50. The second-order valence-electron chi connectivity index (χ2n) is 9.20. The maximum absolute atomic E-state index is 12.3. The number of aromatic nitrogens is 1. The number of amides is 2. The standard InChI is InChI=1S/C22H34N4O4/c1-15-20(16(2)30-24-15)9-21(27)23-10-19-13-26(22(28)14-29-19)12-18-5-7-25(8-6-18)11-17-3-4-17/h17-19H,3-14H2,1-2H3,(H,23,27). The number of aryl methyl sites for hydroxylation is 2. The minimum absolute atomic E-state index is 0.0636. The monoisotopic (exact) mass is 418 g/mol. The van der Waals surface area contributed by atoms with Crippen LogP contribution in [0.4, 0.5) is 0 Å². The highest BCUT2D eigenvalue weighted by Gasteiger charge is 2.31. The molecule has 2 aliphatic heterocycles. The van der Waals surface area contributed by atoms with E-state index >= 15 is 0 Å². The molecule has 8 heteroatoms. The lowest BCUT2D eigenvalue weighted by atomic mass is 9.95. The first kappa shape index (κ1) is 21.3. The normalized spacial score (nSPS) is 23.7. The van der Waals surface area contributed by atoms with E-state index in [1.54, 1.807) is 0 Å².